The van der Waals surface area contributed by atoms with Crippen molar-refractivity contribution in [3.63, 3.8) is 0 Å². The predicted octanol–water partition coefficient (Wildman–Crippen LogP) is 3.37. The van der Waals surface area contributed by atoms with Gasteiger partial charge in [-0.15, -0.1) is 0 Å². The lowest BCUT2D eigenvalue weighted by Gasteiger charge is -2.14. The van der Waals surface area contributed by atoms with Crippen molar-refractivity contribution >= 4 is 16.9 Å². The van der Waals surface area contributed by atoms with Crippen molar-refractivity contribution in [3.8, 4) is 5.75 Å². The molecule has 0 amide bonds. The van der Waals surface area contributed by atoms with Crippen molar-refractivity contribution in [1.82, 2.24) is 4.57 Å². The molecule has 2 aromatic carbocycles. The molecule has 26 heavy (non-hydrogen) atoms. The second-order valence-corrected chi connectivity index (χ2v) is 5.73. The normalized spacial score (nSPS) is 10.7. The molecule has 1 heterocycles. The van der Waals surface area contributed by atoms with Crippen LogP contribution < -0.4 is 10.2 Å². The van der Waals surface area contributed by atoms with E-state index in [0.29, 0.717) is 23.2 Å². The van der Waals surface area contributed by atoms with E-state index in [1.165, 1.54) is 25.4 Å². The van der Waals surface area contributed by atoms with Crippen LogP contribution in [0.1, 0.15) is 22.8 Å². The topological polar surface area (TPSA) is 57.5 Å². The number of methoxy groups -OCH3 is 1. The van der Waals surface area contributed by atoms with Crippen molar-refractivity contribution in [2.75, 3.05) is 13.7 Å². The van der Waals surface area contributed by atoms with E-state index in [-0.39, 0.29) is 18.0 Å². The quantitative estimate of drug-likeness (QED) is 0.659. The fraction of sp³-hybridized carbons (Fsp3) is 0.200. The molecule has 0 N–H and O–H groups in total. The Morgan fingerprint density at radius 1 is 1.15 bits per heavy atom. The van der Waals surface area contributed by atoms with Gasteiger partial charge in [0.2, 0.25) is 5.43 Å². The highest BCUT2D eigenvalue weighted by molar-refractivity contribution is 5.94. The van der Waals surface area contributed by atoms with Crippen molar-refractivity contribution in [2.45, 2.75) is 13.5 Å². The Kier molecular flexibility index (Phi) is 5.02. The number of esters is 1. The smallest absolute Gasteiger partial charge is 0.343 e. The number of carbonyl (C=O) groups excluding carboxylic acids is 1. The third kappa shape index (κ3) is 3.44. The maximum Gasteiger partial charge on any atom is 0.343 e. The summed E-state index contributed by atoms with van der Waals surface area (Å²) in [6.07, 6.45) is 1.48. The summed E-state index contributed by atoms with van der Waals surface area (Å²) in [6.45, 7) is 2.22. The van der Waals surface area contributed by atoms with Crippen LogP contribution in [-0.2, 0) is 11.3 Å². The molecule has 3 aromatic rings. The van der Waals surface area contributed by atoms with Crippen molar-refractivity contribution < 1.29 is 18.7 Å². The van der Waals surface area contributed by atoms with Gasteiger partial charge in [-0.1, -0.05) is 12.1 Å². The summed E-state index contributed by atoms with van der Waals surface area (Å²) in [4.78, 5) is 24.9. The highest BCUT2D eigenvalue weighted by atomic mass is 19.1. The first-order chi connectivity index (χ1) is 12.5. The number of aromatic nitrogens is 1. The fourth-order valence-electron chi connectivity index (χ4n) is 2.78. The monoisotopic (exact) mass is 355 g/mol. The standard InChI is InChI=1S/C20H18FNO4/c1-3-26-20(24)17-12-22(11-13-4-6-14(21)7-5-13)18-9-8-15(25-2)10-16(18)19(17)23/h4-10,12H,3,11H2,1-2H3. The molecular weight excluding hydrogens is 337 g/mol. The third-order valence-electron chi connectivity index (χ3n) is 4.05. The van der Waals surface area contributed by atoms with E-state index in [9.17, 15) is 14.0 Å². The minimum atomic E-state index is -0.671. The van der Waals surface area contributed by atoms with Gasteiger partial charge in [-0.25, -0.2) is 9.18 Å². The van der Waals surface area contributed by atoms with Crippen LogP contribution in [0, 0.1) is 5.82 Å². The average molecular weight is 355 g/mol. The maximum atomic E-state index is 13.1. The molecule has 5 nitrogen and oxygen atoms in total. The average Bonchev–Trinajstić information content (AvgIpc) is 2.65. The molecule has 0 aliphatic heterocycles. The Morgan fingerprint density at radius 2 is 1.88 bits per heavy atom. The van der Waals surface area contributed by atoms with Gasteiger partial charge in [0.05, 0.1) is 24.6 Å². The molecule has 6 heteroatoms. The molecule has 0 aliphatic rings. The van der Waals surface area contributed by atoms with Crippen LogP contribution in [0.3, 0.4) is 0 Å². The lowest BCUT2D eigenvalue weighted by atomic mass is 10.1. The summed E-state index contributed by atoms with van der Waals surface area (Å²) >= 11 is 0. The number of pyridine rings is 1. The number of hydrogen-bond acceptors (Lipinski definition) is 4. The number of carbonyl (C=O) groups is 1. The molecule has 1 aromatic heterocycles. The Hall–Kier alpha value is -3.15. The third-order valence-corrected chi connectivity index (χ3v) is 4.05. The van der Waals surface area contributed by atoms with Gasteiger partial charge in [0.15, 0.2) is 0 Å². The number of nitrogens with zero attached hydrogens (tertiary/aromatic N) is 1. The minimum absolute atomic E-state index is 0.0466. The number of halogens is 1. The number of rotatable bonds is 5. The SMILES string of the molecule is CCOC(=O)c1cn(Cc2ccc(F)cc2)c2ccc(OC)cc2c1=O. The first kappa shape index (κ1) is 17.7. The highest BCUT2D eigenvalue weighted by Gasteiger charge is 2.17. The van der Waals surface area contributed by atoms with E-state index in [1.807, 2.05) is 0 Å². The number of fused-ring (bicyclic) bond motifs is 1. The molecule has 0 bridgehead atoms. The van der Waals surface area contributed by atoms with E-state index in [1.54, 1.807) is 41.8 Å². The van der Waals surface area contributed by atoms with E-state index in [0.717, 1.165) is 5.56 Å². The molecule has 0 atom stereocenters. The van der Waals surface area contributed by atoms with Gasteiger partial charge >= 0.3 is 5.97 Å². The van der Waals surface area contributed by atoms with Crippen molar-refractivity contribution in [2.24, 2.45) is 0 Å². The van der Waals surface area contributed by atoms with Crippen LogP contribution in [0.2, 0.25) is 0 Å². The van der Waals surface area contributed by atoms with Gasteiger partial charge in [-0.2, -0.15) is 0 Å². The Bertz CT molecular complexity index is 1010. The van der Waals surface area contributed by atoms with Crippen molar-refractivity contribution in [1.29, 1.82) is 0 Å². The Labute approximate surface area is 149 Å². The van der Waals surface area contributed by atoms with Gasteiger partial charge < -0.3 is 14.0 Å². The molecule has 3 rings (SSSR count). The molecule has 0 saturated heterocycles. The summed E-state index contributed by atoms with van der Waals surface area (Å²) < 4.78 is 25.1. The first-order valence-electron chi connectivity index (χ1n) is 8.16. The summed E-state index contributed by atoms with van der Waals surface area (Å²) in [7, 11) is 1.51. The van der Waals surface area contributed by atoms with Crippen LogP contribution in [0.5, 0.6) is 5.75 Å². The second-order valence-electron chi connectivity index (χ2n) is 5.73. The summed E-state index contributed by atoms with van der Waals surface area (Å²) in [6, 6.07) is 11.2. The van der Waals surface area contributed by atoms with Crippen LogP contribution in [0.4, 0.5) is 4.39 Å². The molecule has 0 saturated carbocycles. The number of ether oxygens (including phenoxy) is 2. The van der Waals surface area contributed by atoms with Crippen LogP contribution in [-0.4, -0.2) is 24.3 Å². The summed E-state index contributed by atoms with van der Waals surface area (Å²) in [5.74, 6) is -0.477. The van der Waals surface area contributed by atoms with Gasteiger partial charge in [0.25, 0.3) is 0 Å². The van der Waals surface area contributed by atoms with Gasteiger partial charge in [0.1, 0.15) is 17.1 Å². The number of benzene rings is 2. The van der Waals surface area contributed by atoms with Gasteiger partial charge in [0, 0.05) is 12.7 Å². The molecule has 0 unspecified atom stereocenters. The van der Waals surface area contributed by atoms with E-state index >= 15 is 0 Å². The van der Waals surface area contributed by atoms with E-state index < -0.39 is 11.4 Å². The Balaban J connectivity index is 2.19. The fourth-order valence-corrected chi connectivity index (χ4v) is 2.78. The minimum Gasteiger partial charge on any atom is -0.497 e. The maximum absolute atomic E-state index is 13.1. The Morgan fingerprint density at radius 3 is 2.54 bits per heavy atom. The first-order valence-corrected chi connectivity index (χ1v) is 8.16. The van der Waals surface area contributed by atoms with E-state index in [2.05, 4.69) is 0 Å². The molecule has 134 valence electrons. The predicted molar refractivity (Wildman–Crippen MR) is 96.2 cm³/mol. The molecule has 0 fully saturated rings. The largest absolute Gasteiger partial charge is 0.497 e. The van der Waals surface area contributed by atoms with Crippen LogP contribution >= 0.6 is 0 Å². The molecule has 0 spiro atoms. The molecule has 0 radical (unpaired) electrons. The highest BCUT2D eigenvalue weighted by Crippen LogP contribution is 2.20. The van der Waals surface area contributed by atoms with Gasteiger partial charge in [-0.3, -0.25) is 4.79 Å². The zero-order valence-electron chi connectivity index (χ0n) is 14.5. The zero-order chi connectivity index (χ0) is 18.7. The van der Waals surface area contributed by atoms with Gasteiger partial charge in [-0.05, 0) is 42.8 Å². The summed E-state index contributed by atoms with van der Waals surface area (Å²) in [5, 5.41) is 0.358. The number of hydrogen-bond donors (Lipinski definition) is 0. The lowest BCUT2D eigenvalue weighted by molar-refractivity contribution is 0.0524. The van der Waals surface area contributed by atoms with Crippen LogP contribution in [0.15, 0.2) is 53.5 Å². The molecular formula is C20H18FNO4. The zero-order valence-corrected chi connectivity index (χ0v) is 14.5. The second kappa shape index (κ2) is 7.39. The summed E-state index contributed by atoms with van der Waals surface area (Å²) in [5.41, 5.74) is 1.03. The van der Waals surface area contributed by atoms with E-state index in [4.69, 9.17) is 9.47 Å². The lowest BCUT2D eigenvalue weighted by Crippen LogP contribution is -2.21. The van der Waals surface area contributed by atoms with Crippen molar-refractivity contribution in [3.05, 3.63) is 75.8 Å². The van der Waals surface area contributed by atoms with Crippen LogP contribution in [0.25, 0.3) is 10.9 Å². The molecule has 0 aliphatic carbocycles.